The molecule has 0 aromatic rings. The van der Waals surface area contributed by atoms with Crippen LogP contribution in [0.25, 0.3) is 0 Å². The van der Waals surface area contributed by atoms with Gasteiger partial charge in [0.1, 0.15) is 54.4 Å². The second-order valence-electron chi connectivity index (χ2n) is 22.4. The lowest BCUT2D eigenvalue weighted by Crippen LogP contribution is -2.62. The summed E-state index contributed by atoms with van der Waals surface area (Å²) in [6.07, 6.45) is 0.765. The Kier molecular flexibility index (Phi) is 36.2. The number of nitrogens with two attached hydrogens (primary N) is 6. The Balaban J connectivity index is 6.97. The van der Waals surface area contributed by atoms with Crippen LogP contribution < -0.4 is 82.3 Å². The van der Waals surface area contributed by atoms with E-state index in [0.29, 0.717) is 19.3 Å². The fraction of sp³-hybridized carbons (Fsp3) is 0.792. The number of aliphatic hydroxyl groups excluding tert-OH is 1. The van der Waals surface area contributed by atoms with Gasteiger partial charge < -0.3 is 87.4 Å². The Morgan fingerprint density at radius 3 is 1.15 bits per heavy atom. The zero-order valence-corrected chi connectivity index (χ0v) is 49.4. The van der Waals surface area contributed by atoms with Crippen molar-refractivity contribution in [3.8, 4) is 0 Å². The summed E-state index contributed by atoms with van der Waals surface area (Å²) in [7, 11) is 0. The fourth-order valence-electron chi connectivity index (χ4n) is 8.43. The molecule has 0 bridgehead atoms. The van der Waals surface area contributed by atoms with E-state index in [1.807, 2.05) is 55.4 Å². The minimum absolute atomic E-state index is 0.00523. The number of amides is 10. The molecule has 0 heterocycles. The third-order valence-corrected chi connectivity index (χ3v) is 12.9. The maximum atomic E-state index is 14.5. The van der Waals surface area contributed by atoms with Gasteiger partial charge in [-0.15, -0.1) is 0 Å². The van der Waals surface area contributed by atoms with Crippen LogP contribution in [0, 0.1) is 29.6 Å². The minimum Gasteiger partial charge on any atom is -0.391 e. The Hall–Kier alpha value is -6.19. The van der Waals surface area contributed by atoms with Crippen molar-refractivity contribution in [2.24, 2.45) is 69.0 Å². The van der Waals surface area contributed by atoms with Crippen molar-refractivity contribution >= 4 is 65.0 Å². The Morgan fingerprint density at radius 1 is 0.412 bits per heavy atom. The molecule has 0 spiro atoms. The predicted molar refractivity (Wildman–Crippen MR) is 306 cm³/mol. The van der Waals surface area contributed by atoms with Crippen molar-refractivity contribution in [1.29, 1.82) is 0 Å². The number of nitrogens with one attached hydrogen (secondary N) is 9. The second kappa shape index (κ2) is 39.2. The van der Waals surface area contributed by atoms with E-state index in [-0.39, 0.29) is 114 Å². The zero-order chi connectivity index (χ0) is 61.4. The number of guanidine groups is 1. The predicted octanol–water partition coefficient (Wildman–Crippen LogP) is -2.67. The van der Waals surface area contributed by atoms with E-state index in [2.05, 4.69) is 52.8 Å². The molecule has 0 unspecified atom stereocenters. The van der Waals surface area contributed by atoms with Crippen LogP contribution in [-0.2, 0) is 47.9 Å². The molecular weight excluding hydrogens is 1040 g/mol. The number of aliphatic hydroxyl groups is 1. The van der Waals surface area contributed by atoms with Gasteiger partial charge in [-0.05, 0) is 120 Å². The maximum absolute atomic E-state index is 14.5. The summed E-state index contributed by atoms with van der Waals surface area (Å²) in [4.78, 5) is 141. The van der Waals surface area contributed by atoms with Gasteiger partial charge in [-0.2, -0.15) is 0 Å². The fourth-order valence-corrected chi connectivity index (χ4v) is 8.43. The number of rotatable bonds is 41. The number of hydrogen-bond donors (Lipinski definition) is 16. The summed E-state index contributed by atoms with van der Waals surface area (Å²) >= 11 is 0. The first-order valence-corrected chi connectivity index (χ1v) is 28.3. The van der Waals surface area contributed by atoms with E-state index < -0.39 is 125 Å². The molecule has 460 valence electrons. The van der Waals surface area contributed by atoms with Gasteiger partial charge in [0, 0.05) is 6.54 Å². The largest absolute Gasteiger partial charge is 0.391 e. The normalized spacial score (nSPS) is 15.5. The highest BCUT2D eigenvalue weighted by molar-refractivity contribution is 5.98. The molecule has 0 saturated heterocycles. The summed E-state index contributed by atoms with van der Waals surface area (Å²) in [5.41, 5.74) is 33.8. The van der Waals surface area contributed by atoms with E-state index in [9.17, 15) is 53.1 Å². The quantitative estimate of drug-likeness (QED) is 0.0169. The lowest BCUT2D eigenvalue weighted by Gasteiger charge is -2.30. The number of hydrogen-bond acceptors (Lipinski definition) is 15. The molecule has 0 fully saturated rings. The molecule has 0 aromatic carbocycles. The second-order valence-corrected chi connectivity index (χ2v) is 22.4. The number of carbonyl (C=O) groups is 10. The molecule has 0 aromatic heterocycles. The Bertz CT molecular complexity index is 2000. The van der Waals surface area contributed by atoms with E-state index in [4.69, 9.17) is 34.4 Å². The summed E-state index contributed by atoms with van der Waals surface area (Å²) < 4.78 is 0. The first-order chi connectivity index (χ1) is 37.4. The molecule has 0 radical (unpaired) electrons. The third kappa shape index (κ3) is 29.9. The Labute approximate surface area is 473 Å². The smallest absolute Gasteiger partial charge is 0.245 e. The van der Waals surface area contributed by atoms with Crippen molar-refractivity contribution in [3.05, 3.63) is 0 Å². The summed E-state index contributed by atoms with van der Waals surface area (Å²) in [5.74, 6) is -8.59. The molecule has 80 heavy (non-hydrogen) atoms. The van der Waals surface area contributed by atoms with Gasteiger partial charge in [-0.1, -0.05) is 75.7 Å². The van der Waals surface area contributed by atoms with Gasteiger partial charge in [0.15, 0.2) is 5.96 Å². The van der Waals surface area contributed by atoms with Gasteiger partial charge in [-0.3, -0.25) is 52.9 Å². The van der Waals surface area contributed by atoms with Gasteiger partial charge in [0.05, 0.1) is 12.6 Å². The standard InChI is InChI=1S/C53H102N16O11/c1-12-32(10)42(51(79)64-34(17-13-14-20-54)47(75)69-43(33(11)70)52(80)67-40(26-31(8)9)50(78)65-37(44(57)72)23-28(2)3)68-46(74)36(19-16-22-60-53(58)59)62-45(73)35(18-15-21-55)63-49(77)39(25-30(6)7)66-48(76)38(24-29(4)5)61-41(71)27-56/h28-40,42-43,70H,12-27,54-56H2,1-11H3,(H2,57,72)(H,61,71)(H,62,73)(H,63,77)(H,64,79)(H,65,78)(H,66,76)(H,67,80)(H,68,74)(H,69,75)(H4,58,59,60)/t32-,33+,34-,35-,36-,37-,38-,39-,40-,42-,43-/m0/s1. The SMILES string of the molecule is CC[C@H](C)[C@H](NC(=O)[C@H](CCCN=C(N)N)NC(=O)[C@H](CCCN)NC(=O)[C@H](CC(C)C)NC(=O)[C@H](CC(C)C)NC(=O)CN)C(=O)N[C@@H](CCCCN)C(=O)N[C@H](C(=O)N[C@@H](CC(C)C)C(=O)N[C@@H](CC(C)C)C(N)=O)[C@@H](C)O. The van der Waals surface area contributed by atoms with Crippen LogP contribution in [0.2, 0.25) is 0 Å². The highest BCUT2D eigenvalue weighted by atomic mass is 16.3. The van der Waals surface area contributed by atoms with Gasteiger partial charge in [0.2, 0.25) is 59.1 Å². The first kappa shape index (κ1) is 73.8. The van der Waals surface area contributed by atoms with Crippen LogP contribution in [-0.4, -0.2) is 157 Å². The lowest BCUT2D eigenvalue weighted by molar-refractivity contribution is -0.137. The number of unbranched alkanes of at least 4 members (excludes halogenated alkanes) is 1. The highest BCUT2D eigenvalue weighted by Crippen LogP contribution is 2.15. The van der Waals surface area contributed by atoms with Crippen molar-refractivity contribution in [1.82, 2.24) is 47.9 Å². The molecule has 0 aliphatic heterocycles. The first-order valence-electron chi connectivity index (χ1n) is 28.3. The van der Waals surface area contributed by atoms with Crippen LogP contribution in [0.4, 0.5) is 0 Å². The number of primary amides is 1. The minimum atomic E-state index is -1.63. The molecule has 22 N–H and O–H groups in total. The van der Waals surface area contributed by atoms with E-state index >= 15 is 0 Å². The van der Waals surface area contributed by atoms with Crippen LogP contribution in [0.1, 0.15) is 153 Å². The monoisotopic (exact) mass is 1140 g/mol. The van der Waals surface area contributed by atoms with Crippen LogP contribution in [0.3, 0.4) is 0 Å². The van der Waals surface area contributed by atoms with Crippen molar-refractivity contribution in [2.45, 2.75) is 214 Å². The van der Waals surface area contributed by atoms with E-state index in [1.165, 1.54) is 6.92 Å². The van der Waals surface area contributed by atoms with E-state index in [1.54, 1.807) is 13.8 Å². The molecular formula is C53H102N16O11. The summed E-state index contributed by atoms with van der Waals surface area (Å²) in [6, 6.07) is -11.3. The topological polar surface area (TPSA) is 468 Å². The van der Waals surface area contributed by atoms with Crippen LogP contribution in [0.5, 0.6) is 0 Å². The molecule has 0 saturated carbocycles. The number of aliphatic imine (C=N–C) groups is 1. The van der Waals surface area contributed by atoms with Crippen molar-refractivity contribution < 1.29 is 53.1 Å². The van der Waals surface area contributed by atoms with Crippen molar-refractivity contribution in [3.63, 3.8) is 0 Å². The molecule has 10 amide bonds. The van der Waals surface area contributed by atoms with Crippen LogP contribution >= 0.6 is 0 Å². The zero-order valence-electron chi connectivity index (χ0n) is 49.4. The number of nitrogens with zero attached hydrogens (tertiary/aromatic N) is 1. The summed E-state index contributed by atoms with van der Waals surface area (Å²) in [5, 5.41) is 34.8. The van der Waals surface area contributed by atoms with Crippen LogP contribution in [0.15, 0.2) is 4.99 Å². The molecule has 11 atom stereocenters. The van der Waals surface area contributed by atoms with E-state index in [0.717, 1.165) is 0 Å². The molecule has 27 nitrogen and oxygen atoms in total. The van der Waals surface area contributed by atoms with Gasteiger partial charge in [0.25, 0.3) is 0 Å². The number of carbonyl (C=O) groups excluding carboxylic acids is 10. The molecule has 0 aliphatic carbocycles. The Morgan fingerprint density at radius 2 is 0.750 bits per heavy atom. The molecule has 27 heteroatoms. The average Bonchev–Trinajstić information content (AvgIpc) is 3.36. The lowest BCUT2D eigenvalue weighted by atomic mass is 9.96. The molecule has 0 rings (SSSR count). The van der Waals surface area contributed by atoms with Gasteiger partial charge in [-0.25, -0.2) is 0 Å². The molecule has 0 aliphatic rings. The highest BCUT2D eigenvalue weighted by Gasteiger charge is 2.37. The average molecular weight is 1140 g/mol. The third-order valence-electron chi connectivity index (χ3n) is 12.9. The maximum Gasteiger partial charge on any atom is 0.245 e. The summed E-state index contributed by atoms with van der Waals surface area (Å²) in [6.45, 7) is 19.5. The van der Waals surface area contributed by atoms with Crippen molar-refractivity contribution in [2.75, 3.05) is 26.2 Å². The van der Waals surface area contributed by atoms with Gasteiger partial charge >= 0.3 is 0 Å².